The molecule has 0 amide bonds. The highest BCUT2D eigenvalue weighted by atomic mass is 16.6. The Hall–Kier alpha value is -3.48. The molecular weight excluding hydrogens is 332 g/mol. The molecule has 3 rings (SSSR count). The number of Topliss-reactive ketones (excluding diaryl/α,β-unsaturated/α-hetero) is 1. The number of ketones is 1. The summed E-state index contributed by atoms with van der Waals surface area (Å²) in [5.41, 5.74) is 2.69. The van der Waals surface area contributed by atoms with Crippen LogP contribution in [0.1, 0.15) is 28.4 Å². The molecule has 1 aromatic heterocycles. The Balaban J connectivity index is 1.81. The average Bonchev–Trinajstić information content (AvgIpc) is 3.13. The van der Waals surface area contributed by atoms with Gasteiger partial charge in [0, 0.05) is 30.6 Å². The molecule has 0 saturated carbocycles. The smallest absolute Gasteiger partial charge is 0.293 e. The van der Waals surface area contributed by atoms with E-state index in [1.54, 1.807) is 18.3 Å². The molecule has 26 heavy (non-hydrogen) atoms. The van der Waals surface area contributed by atoms with Crippen molar-refractivity contribution >= 4 is 17.2 Å². The number of nitro benzene ring substituents is 1. The molecule has 0 atom stereocenters. The Bertz CT molecular complexity index is 936. The number of rotatable bonds is 7. The van der Waals surface area contributed by atoms with Gasteiger partial charge in [-0.25, -0.2) is 0 Å². The van der Waals surface area contributed by atoms with E-state index in [-0.39, 0.29) is 11.5 Å². The Labute approximate surface area is 150 Å². The fourth-order valence-electron chi connectivity index (χ4n) is 2.69. The van der Waals surface area contributed by atoms with E-state index in [1.165, 1.54) is 13.0 Å². The number of aromatic nitrogens is 2. The molecule has 7 nitrogen and oxygen atoms in total. The van der Waals surface area contributed by atoms with Gasteiger partial charge in [-0.05, 0) is 36.2 Å². The molecule has 132 valence electrons. The highest BCUT2D eigenvalue weighted by molar-refractivity contribution is 5.95. The van der Waals surface area contributed by atoms with Crippen LogP contribution in [0.3, 0.4) is 0 Å². The average molecular weight is 350 g/mol. The van der Waals surface area contributed by atoms with Crippen molar-refractivity contribution in [3.8, 4) is 0 Å². The van der Waals surface area contributed by atoms with Crippen molar-refractivity contribution in [1.29, 1.82) is 0 Å². The van der Waals surface area contributed by atoms with Crippen LogP contribution in [0.25, 0.3) is 0 Å². The maximum absolute atomic E-state index is 11.5. The summed E-state index contributed by atoms with van der Waals surface area (Å²) < 4.78 is 1.82. The maximum Gasteiger partial charge on any atom is 0.293 e. The second-order valence-corrected chi connectivity index (χ2v) is 5.87. The van der Waals surface area contributed by atoms with Gasteiger partial charge in [-0.3, -0.25) is 19.6 Å². The third-order valence-corrected chi connectivity index (χ3v) is 4.08. The monoisotopic (exact) mass is 350 g/mol. The van der Waals surface area contributed by atoms with Crippen molar-refractivity contribution in [3.05, 3.63) is 87.7 Å². The quantitative estimate of drug-likeness (QED) is 0.399. The minimum Gasteiger partial charge on any atom is -0.375 e. The molecule has 0 aliphatic heterocycles. The first-order valence-corrected chi connectivity index (χ1v) is 8.12. The molecule has 1 N–H and O–H groups in total. The summed E-state index contributed by atoms with van der Waals surface area (Å²) >= 11 is 0. The lowest BCUT2D eigenvalue weighted by Crippen LogP contribution is -2.08. The van der Waals surface area contributed by atoms with Gasteiger partial charge in [0.15, 0.2) is 5.78 Å². The lowest BCUT2D eigenvalue weighted by molar-refractivity contribution is -0.384. The zero-order valence-electron chi connectivity index (χ0n) is 14.3. The number of hydrogen-bond donors (Lipinski definition) is 1. The maximum atomic E-state index is 11.5. The van der Waals surface area contributed by atoms with E-state index in [4.69, 9.17) is 0 Å². The van der Waals surface area contributed by atoms with E-state index in [0.29, 0.717) is 24.3 Å². The van der Waals surface area contributed by atoms with Gasteiger partial charge in [-0.2, -0.15) is 5.10 Å². The standard InChI is InChI=1S/C19H18N4O3/c1-14(24)15-7-8-18(19(11-15)23(25)26)20-12-16-5-2-3-6-17(16)13-22-10-4-9-21-22/h2-11,20H,12-13H2,1H3. The van der Waals surface area contributed by atoms with Crippen molar-refractivity contribution in [1.82, 2.24) is 9.78 Å². The number of hydrogen-bond acceptors (Lipinski definition) is 5. The summed E-state index contributed by atoms with van der Waals surface area (Å²) in [7, 11) is 0. The van der Waals surface area contributed by atoms with Gasteiger partial charge in [0.1, 0.15) is 5.69 Å². The van der Waals surface area contributed by atoms with Crippen LogP contribution >= 0.6 is 0 Å². The van der Waals surface area contributed by atoms with Gasteiger partial charge in [-0.15, -0.1) is 0 Å². The van der Waals surface area contributed by atoms with Crippen LogP contribution < -0.4 is 5.32 Å². The summed E-state index contributed by atoms with van der Waals surface area (Å²) in [6.45, 7) is 2.44. The van der Waals surface area contributed by atoms with Crippen molar-refractivity contribution < 1.29 is 9.72 Å². The predicted molar refractivity (Wildman–Crippen MR) is 98.2 cm³/mol. The Morgan fingerprint density at radius 1 is 1.19 bits per heavy atom. The third-order valence-electron chi connectivity index (χ3n) is 4.08. The van der Waals surface area contributed by atoms with Gasteiger partial charge < -0.3 is 5.32 Å². The largest absolute Gasteiger partial charge is 0.375 e. The van der Waals surface area contributed by atoms with Gasteiger partial charge in [0.25, 0.3) is 5.69 Å². The first-order valence-electron chi connectivity index (χ1n) is 8.12. The second-order valence-electron chi connectivity index (χ2n) is 5.87. The predicted octanol–water partition coefficient (Wildman–Crippen LogP) is 3.65. The first-order chi connectivity index (χ1) is 12.5. The number of carbonyl (C=O) groups excluding carboxylic acids is 1. The van der Waals surface area contributed by atoms with Crippen molar-refractivity contribution in [2.45, 2.75) is 20.0 Å². The minimum atomic E-state index is -0.482. The molecule has 0 aliphatic rings. The lowest BCUT2D eigenvalue weighted by Gasteiger charge is -2.12. The van der Waals surface area contributed by atoms with Crippen molar-refractivity contribution in [2.24, 2.45) is 0 Å². The summed E-state index contributed by atoms with van der Waals surface area (Å²) in [5.74, 6) is -0.204. The third kappa shape index (κ3) is 3.94. The molecule has 0 radical (unpaired) electrons. The Kier molecular flexibility index (Phi) is 5.07. The van der Waals surface area contributed by atoms with Crippen LogP contribution in [0.4, 0.5) is 11.4 Å². The molecule has 0 unspecified atom stereocenters. The first kappa shape index (κ1) is 17.3. The molecule has 1 heterocycles. The van der Waals surface area contributed by atoms with Gasteiger partial charge in [-0.1, -0.05) is 24.3 Å². The second kappa shape index (κ2) is 7.60. The number of nitro groups is 1. The molecule has 7 heteroatoms. The molecule has 0 bridgehead atoms. The van der Waals surface area contributed by atoms with Crippen LogP contribution in [0.2, 0.25) is 0 Å². The summed E-state index contributed by atoms with van der Waals surface area (Å²) in [6.07, 6.45) is 3.61. The minimum absolute atomic E-state index is 0.109. The Morgan fingerprint density at radius 3 is 2.62 bits per heavy atom. The lowest BCUT2D eigenvalue weighted by atomic mass is 10.1. The molecule has 0 fully saturated rings. The van der Waals surface area contributed by atoms with E-state index in [0.717, 1.165) is 11.1 Å². The van der Waals surface area contributed by atoms with Crippen LogP contribution in [-0.2, 0) is 13.1 Å². The molecular formula is C19H18N4O3. The van der Waals surface area contributed by atoms with E-state index in [9.17, 15) is 14.9 Å². The zero-order valence-corrected chi connectivity index (χ0v) is 14.3. The van der Waals surface area contributed by atoms with Crippen LogP contribution in [0.5, 0.6) is 0 Å². The number of benzene rings is 2. The van der Waals surface area contributed by atoms with Crippen LogP contribution in [0.15, 0.2) is 60.9 Å². The fraction of sp³-hybridized carbons (Fsp3) is 0.158. The number of nitrogens with one attached hydrogen (secondary N) is 1. The van der Waals surface area contributed by atoms with Crippen molar-refractivity contribution in [2.75, 3.05) is 5.32 Å². The molecule has 2 aromatic carbocycles. The summed E-state index contributed by atoms with van der Waals surface area (Å²) in [6, 6.07) is 14.2. The topological polar surface area (TPSA) is 90.1 Å². The SMILES string of the molecule is CC(=O)c1ccc(NCc2ccccc2Cn2cccn2)c([N+](=O)[O-])c1. The highest BCUT2D eigenvalue weighted by Gasteiger charge is 2.16. The van der Waals surface area contributed by atoms with Gasteiger partial charge >= 0.3 is 0 Å². The van der Waals surface area contributed by atoms with Gasteiger partial charge in [0.05, 0.1) is 11.5 Å². The summed E-state index contributed by atoms with van der Waals surface area (Å²) in [5, 5.41) is 18.7. The van der Waals surface area contributed by atoms with E-state index in [2.05, 4.69) is 10.4 Å². The van der Waals surface area contributed by atoms with Crippen LogP contribution in [-0.4, -0.2) is 20.5 Å². The summed E-state index contributed by atoms with van der Waals surface area (Å²) in [4.78, 5) is 22.3. The van der Waals surface area contributed by atoms with Crippen LogP contribution in [0, 0.1) is 10.1 Å². The molecule has 3 aromatic rings. The molecule has 0 aliphatic carbocycles. The highest BCUT2D eigenvalue weighted by Crippen LogP contribution is 2.26. The zero-order chi connectivity index (χ0) is 18.5. The fourth-order valence-corrected chi connectivity index (χ4v) is 2.69. The van der Waals surface area contributed by atoms with Crippen molar-refractivity contribution in [3.63, 3.8) is 0 Å². The van der Waals surface area contributed by atoms with E-state index in [1.807, 2.05) is 41.2 Å². The normalized spacial score (nSPS) is 10.5. The Morgan fingerprint density at radius 2 is 1.96 bits per heavy atom. The number of nitrogens with zero attached hydrogens (tertiary/aromatic N) is 3. The molecule has 0 saturated heterocycles. The number of carbonyl (C=O) groups is 1. The molecule has 0 spiro atoms. The van der Waals surface area contributed by atoms with Gasteiger partial charge in [0.2, 0.25) is 0 Å². The van der Waals surface area contributed by atoms with E-state index < -0.39 is 4.92 Å². The number of anilines is 1. The van der Waals surface area contributed by atoms with E-state index >= 15 is 0 Å².